The van der Waals surface area contributed by atoms with E-state index in [1.807, 2.05) is 0 Å². The summed E-state index contributed by atoms with van der Waals surface area (Å²) >= 11 is 12.0. The molecular formula is C23H16Cl2F3N3O2. The van der Waals surface area contributed by atoms with Gasteiger partial charge < -0.3 is 10.2 Å². The first-order valence-electron chi connectivity index (χ1n) is 9.71. The van der Waals surface area contributed by atoms with E-state index in [1.54, 1.807) is 37.3 Å². The fourth-order valence-corrected chi connectivity index (χ4v) is 4.05. The molecule has 1 aliphatic rings. The van der Waals surface area contributed by atoms with Crippen LogP contribution in [0.4, 0.5) is 18.9 Å². The number of halogens is 5. The molecule has 1 aliphatic heterocycles. The summed E-state index contributed by atoms with van der Waals surface area (Å²) in [6.45, 7) is 1.65. The second kappa shape index (κ2) is 8.68. The lowest BCUT2D eigenvalue weighted by Gasteiger charge is -2.29. The zero-order valence-corrected chi connectivity index (χ0v) is 18.6. The molecule has 1 N–H and O–H groups in total. The largest absolute Gasteiger partial charge is 0.435 e. The number of nitrogens with one attached hydrogen (secondary N) is 1. The van der Waals surface area contributed by atoms with E-state index in [-0.39, 0.29) is 27.0 Å². The third-order valence-corrected chi connectivity index (χ3v) is 5.67. The summed E-state index contributed by atoms with van der Waals surface area (Å²) < 4.78 is 42.6. The lowest BCUT2D eigenvalue weighted by molar-refractivity contribution is -0.275. The van der Waals surface area contributed by atoms with Gasteiger partial charge in [0.25, 0.3) is 11.5 Å². The van der Waals surface area contributed by atoms with Crippen LogP contribution in [0.5, 0.6) is 0 Å². The number of oxime groups is 1. The Kier molecular flexibility index (Phi) is 6.07. The van der Waals surface area contributed by atoms with Crippen LogP contribution >= 0.6 is 23.2 Å². The number of aromatic nitrogens is 1. The quantitative estimate of drug-likeness (QED) is 0.420. The maximum Gasteiger partial charge on any atom is 0.435 e. The second-order valence-electron chi connectivity index (χ2n) is 7.52. The molecule has 5 nitrogen and oxygen atoms in total. The molecule has 4 rings (SSSR count). The Labute approximate surface area is 197 Å². The molecule has 0 aliphatic carbocycles. The van der Waals surface area contributed by atoms with Gasteiger partial charge in [0, 0.05) is 34.5 Å². The highest BCUT2D eigenvalue weighted by molar-refractivity contribution is 6.33. The number of amides is 1. The van der Waals surface area contributed by atoms with Crippen molar-refractivity contribution in [2.45, 2.75) is 25.1 Å². The molecule has 0 saturated heterocycles. The molecule has 2 heterocycles. The molecular weight excluding hydrogens is 478 g/mol. The first-order valence-corrected chi connectivity index (χ1v) is 10.5. The first-order chi connectivity index (χ1) is 15.6. The Hall–Kier alpha value is -3.10. The monoisotopic (exact) mass is 493 g/mol. The smallest absolute Gasteiger partial charge is 0.374 e. The van der Waals surface area contributed by atoms with E-state index < -0.39 is 24.1 Å². The zero-order chi connectivity index (χ0) is 23.8. The summed E-state index contributed by atoms with van der Waals surface area (Å²) in [7, 11) is 0. The molecule has 0 bridgehead atoms. The van der Waals surface area contributed by atoms with Crippen LogP contribution in [0.3, 0.4) is 0 Å². The minimum atomic E-state index is -4.75. The van der Waals surface area contributed by atoms with Gasteiger partial charge in [-0.15, -0.1) is 0 Å². The van der Waals surface area contributed by atoms with Crippen LogP contribution in [0.25, 0.3) is 0 Å². The Bertz CT molecular complexity index is 1240. The molecule has 0 radical (unpaired) electrons. The third kappa shape index (κ3) is 4.54. The van der Waals surface area contributed by atoms with Crippen LogP contribution in [-0.4, -0.2) is 22.8 Å². The van der Waals surface area contributed by atoms with Crippen molar-refractivity contribution in [1.82, 2.24) is 4.98 Å². The highest BCUT2D eigenvalue weighted by Gasteiger charge is 2.62. The fraction of sp³-hybridized carbons (Fsp3) is 0.174. The van der Waals surface area contributed by atoms with E-state index in [9.17, 15) is 18.0 Å². The first kappa shape index (κ1) is 23.1. The molecule has 170 valence electrons. The lowest BCUT2D eigenvalue weighted by Crippen LogP contribution is -2.42. The van der Waals surface area contributed by atoms with Crippen LogP contribution in [0.2, 0.25) is 10.2 Å². The SMILES string of the molecule is Cc1cc(Cl)cc(C2(C(F)(F)F)CC(c3cccc(NC(=O)c4cccnc4Cl)c3)=NO2)c1. The van der Waals surface area contributed by atoms with Gasteiger partial charge >= 0.3 is 6.18 Å². The maximum atomic E-state index is 14.2. The Balaban J connectivity index is 1.62. The summed E-state index contributed by atoms with van der Waals surface area (Å²) in [5, 5.41) is 6.63. The number of carbonyl (C=O) groups excluding carboxylic acids is 1. The van der Waals surface area contributed by atoms with E-state index in [2.05, 4.69) is 15.5 Å². The molecule has 1 unspecified atom stereocenters. The molecule has 1 aromatic heterocycles. The molecule has 1 amide bonds. The molecule has 1 atom stereocenters. The second-order valence-corrected chi connectivity index (χ2v) is 8.32. The summed E-state index contributed by atoms with van der Waals surface area (Å²) in [5.41, 5.74) is -1.26. The van der Waals surface area contributed by atoms with Crippen molar-refractivity contribution >= 4 is 40.5 Å². The van der Waals surface area contributed by atoms with Gasteiger partial charge in [-0.1, -0.05) is 46.6 Å². The van der Waals surface area contributed by atoms with Gasteiger partial charge in [0.05, 0.1) is 11.3 Å². The molecule has 33 heavy (non-hydrogen) atoms. The van der Waals surface area contributed by atoms with E-state index >= 15 is 0 Å². The van der Waals surface area contributed by atoms with Crippen LogP contribution in [0.1, 0.15) is 33.5 Å². The molecule has 0 spiro atoms. The van der Waals surface area contributed by atoms with Crippen LogP contribution in [-0.2, 0) is 10.4 Å². The average molecular weight is 494 g/mol. The standard InChI is InChI=1S/C23H16Cl2F3N3O2/c1-13-8-15(11-16(24)9-13)22(23(26,27)28)12-19(31-33-22)14-4-2-5-17(10-14)30-21(32)18-6-3-7-29-20(18)25/h2-11H,12H2,1H3,(H,30,32). The number of benzene rings is 2. The number of aryl methyl sites for hydroxylation is 1. The summed E-state index contributed by atoms with van der Waals surface area (Å²) in [6, 6.07) is 13.5. The predicted octanol–water partition coefficient (Wildman–Crippen LogP) is 6.53. The topological polar surface area (TPSA) is 63.6 Å². The minimum Gasteiger partial charge on any atom is -0.374 e. The number of anilines is 1. The summed E-state index contributed by atoms with van der Waals surface area (Å²) in [5.74, 6) is -0.506. The summed E-state index contributed by atoms with van der Waals surface area (Å²) in [6.07, 6.45) is -3.85. The lowest BCUT2D eigenvalue weighted by atomic mass is 9.86. The van der Waals surface area contributed by atoms with Crippen molar-refractivity contribution in [2.24, 2.45) is 5.16 Å². The van der Waals surface area contributed by atoms with Crippen molar-refractivity contribution in [1.29, 1.82) is 0 Å². The highest BCUT2D eigenvalue weighted by atomic mass is 35.5. The molecule has 0 saturated carbocycles. The number of hydrogen-bond acceptors (Lipinski definition) is 4. The Morgan fingerprint density at radius 2 is 1.91 bits per heavy atom. The van der Waals surface area contributed by atoms with Gasteiger partial charge in [-0.3, -0.25) is 4.79 Å². The van der Waals surface area contributed by atoms with Gasteiger partial charge in [0.1, 0.15) is 5.15 Å². The number of alkyl halides is 3. The van der Waals surface area contributed by atoms with Crippen LogP contribution in [0, 0.1) is 6.92 Å². The van der Waals surface area contributed by atoms with Crippen molar-refractivity contribution in [3.63, 3.8) is 0 Å². The fourth-order valence-electron chi connectivity index (χ4n) is 3.56. The van der Waals surface area contributed by atoms with Crippen molar-refractivity contribution < 1.29 is 22.8 Å². The molecule has 0 fully saturated rings. The van der Waals surface area contributed by atoms with E-state index in [0.29, 0.717) is 16.8 Å². The Morgan fingerprint density at radius 3 is 2.61 bits per heavy atom. The zero-order valence-electron chi connectivity index (χ0n) is 17.1. The number of hydrogen-bond donors (Lipinski definition) is 1. The predicted molar refractivity (Wildman–Crippen MR) is 120 cm³/mol. The van der Waals surface area contributed by atoms with Gasteiger partial charge in [-0.2, -0.15) is 13.2 Å². The van der Waals surface area contributed by atoms with E-state index in [0.717, 1.165) is 0 Å². The van der Waals surface area contributed by atoms with Crippen molar-refractivity contribution in [3.8, 4) is 0 Å². The number of pyridine rings is 1. The number of rotatable bonds is 4. The molecule has 3 aromatic rings. The van der Waals surface area contributed by atoms with Gasteiger partial charge in [0.15, 0.2) is 0 Å². The molecule has 10 heteroatoms. The van der Waals surface area contributed by atoms with Crippen LogP contribution in [0.15, 0.2) is 65.9 Å². The summed E-state index contributed by atoms with van der Waals surface area (Å²) in [4.78, 5) is 21.4. The van der Waals surface area contributed by atoms with Gasteiger partial charge in [-0.25, -0.2) is 4.98 Å². The third-order valence-electron chi connectivity index (χ3n) is 5.15. The van der Waals surface area contributed by atoms with Crippen LogP contribution < -0.4 is 5.32 Å². The van der Waals surface area contributed by atoms with E-state index in [4.69, 9.17) is 28.0 Å². The minimum absolute atomic E-state index is 0.0338. The van der Waals surface area contributed by atoms with Crippen molar-refractivity contribution in [2.75, 3.05) is 5.32 Å². The average Bonchev–Trinajstić information content (AvgIpc) is 3.21. The number of nitrogens with zero attached hydrogens (tertiary/aromatic N) is 2. The Morgan fingerprint density at radius 1 is 1.12 bits per heavy atom. The van der Waals surface area contributed by atoms with E-state index in [1.165, 1.54) is 30.5 Å². The van der Waals surface area contributed by atoms with Gasteiger partial charge in [0.2, 0.25) is 0 Å². The highest BCUT2D eigenvalue weighted by Crippen LogP contribution is 2.49. The van der Waals surface area contributed by atoms with Crippen molar-refractivity contribution in [3.05, 3.63) is 93.2 Å². The normalized spacial score (nSPS) is 17.9. The van der Waals surface area contributed by atoms with Gasteiger partial charge in [-0.05, 0) is 48.9 Å². The maximum absolute atomic E-state index is 14.2. The number of carbonyl (C=O) groups is 1. The molecule has 2 aromatic carbocycles.